The fraction of sp³-hybridized carbons (Fsp3) is 0.0833. The molecule has 2 aromatic carbocycles. The first-order chi connectivity index (χ1) is 16.3. The van der Waals surface area contributed by atoms with E-state index in [1.807, 2.05) is 6.07 Å². The fourth-order valence-corrected chi connectivity index (χ4v) is 3.86. The largest absolute Gasteiger partial charge is 0.416 e. The Morgan fingerprint density at radius 1 is 1.06 bits per heavy atom. The molecule has 1 atom stereocenters. The lowest BCUT2D eigenvalue weighted by molar-refractivity contribution is -0.138. The number of hydrogen-bond acceptors (Lipinski definition) is 4. The molecule has 34 heavy (non-hydrogen) atoms. The number of aromatic nitrogens is 2. The molecular weight excluding hydrogens is 450 g/mol. The van der Waals surface area contributed by atoms with Crippen LogP contribution >= 0.6 is 0 Å². The fourth-order valence-electron chi connectivity index (χ4n) is 3.86. The molecule has 1 aliphatic heterocycles. The van der Waals surface area contributed by atoms with Crippen LogP contribution in [0.25, 0.3) is 16.9 Å². The van der Waals surface area contributed by atoms with E-state index in [9.17, 15) is 22.4 Å². The minimum atomic E-state index is -4.60. The number of carbonyl (C=O) groups is 1. The molecule has 1 amide bonds. The third-order valence-electron chi connectivity index (χ3n) is 5.45. The Bertz CT molecular complexity index is 1410. The third kappa shape index (κ3) is 3.88. The van der Waals surface area contributed by atoms with Crippen molar-refractivity contribution in [3.63, 3.8) is 0 Å². The van der Waals surface area contributed by atoms with Crippen molar-refractivity contribution in [2.45, 2.75) is 12.2 Å². The Kier molecular flexibility index (Phi) is 5.29. The molecule has 0 spiro atoms. The van der Waals surface area contributed by atoms with Crippen LogP contribution in [0.4, 0.5) is 23.4 Å². The van der Waals surface area contributed by atoms with Gasteiger partial charge in [-0.3, -0.25) is 9.20 Å². The molecule has 2 aromatic heterocycles. The molecule has 3 N–H and O–H groups in total. The van der Waals surface area contributed by atoms with Crippen molar-refractivity contribution in [3.05, 3.63) is 102 Å². The zero-order valence-corrected chi connectivity index (χ0v) is 17.4. The SMILES string of the molecule is O=C(Nc1c(-c2ccccc2)nc2c(F)cccn12)c1ccc(C(F)(F)F)c(C2C=CNN2)c1. The molecule has 10 heteroatoms. The molecule has 4 aromatic rings. The number of carbonyl (C=O) groups excluding carboxylic acids is 1. The van der Waals surface area contributed by atoms with E-state index in [4.69, 9.17) is 0 Å². The van der Waals surface area contributed by atoms with Gasteiger partial charge in [-0.05, 0) is 42.0 Å². The van der Waals surface area contributed by atoms with E-state index >= 15 is 0 Å². The van der Waals surface area contributed by atoms with E-state index < -0.39 is 29.5 Å². The molecule has 0 radical (unpaired) electrons. The quantitative estimate of drug-likeness (QED) is 0.367. The first kappa shape index (κ1) is 21.7. The van der Waals surface area contributed by atoms with Crippen LogP contribution in [0.15, 0.2) is 79.1 Å². The summed E-state index contributed by atoms with van der Waals surface area (Å²) in [4.78, 5) is 17.5. The molecule has 172 valence electrons. The minimum Gasteiger partial charge on any atom is -0.328 e. The number of halogens is 4. The number of nitrogens with zero attached hydrogens (tertiary/aromatic N) is 2. The smallest absolute Gasteiger partial charge is 0.328 e. The van der Waals surface area contributed by atoms with Gasteiger partial charge in [-0.1, -0.05) is 30.3 Å². The minimum absolute atomic E-state index is 0.00969. The second-order valence-corrected chi connectivity index (χ2v) is 7.60. The van der Waals surface area contributed by atoms with Crippen LogP contribution < -0.4 is 16.2 Å². The van der Waals surface area contributed by atoms with Crippen LogP contribution in [-0.4, -0.2) is 15.3 Å². The topological polar surface area (TPSA) is 70.5 Å². The second-order valence-electron chi connectivity index (χ2n) is 7.60. The third-order valence-corrected chi connectivity index (χ3v) is 5.45. The van der Waals surface area contributed by atoms with Gasteiger partial charge in [-0.2, -0.15) is 13.2 Å². The number of fused-ring (bicyclic) bond motifs is 1. The number of anilines is 1. The van der Waals surface area contributed by atoms with Gasteiger partial charge in [0.05, 0.1) is 11.6 Å². The van der Waals surface area contributed by atoms with Crippen molar-refractivity contribution in [3.8, 4) is 11.3 Å². The predicted molar refractivity (Wildman–Crippen MR) is 118 cm³/mol. The standard InChI is InChI=1S/C24H17F4N5O/c25-18-7-4-12-33-21(18)30-20(14-5-2-1-3-6-14)22(33)31-23(34)15-8-9-17(24(26,27)28)16(13-15)19-10-11-29-32-19/h1-13,19,29,32H,(H,31,34). The zero-order valence-electron chi connectivity index (χ0n) is 17.4. The lowest BCUT2D eigenvalue weighted by atomic mass is 9.97. The van der Waals surface area contributed by atoms with Gasteiger partial charge < -0.3 is 10.7 Å². The maximum absolute atomic E-state index is 14.4. The molecule has 1 aliphatic rings. The Hall–Kier alpha value is -4.18. The summed E-state index contributed by atoms with van der Waals surface area (Å²) < 4.78 is 56.5. The predicted octanol–water partition coefficient (Wildman–Crippen LogP) is 5.07. The Labute approximate surface area is 190 Å². The van der Waals surface area contributed by atoms with Gasteiger partial charge in [-0.15, -0.1) is 0 Å². The maximum atomic E-state index is 14.4. The van der Waals surface area contributed by atoms with Crippen LogP contribution in [-0.2, 0) is 6.18 Å². The van der Waals surface area contributed by atoms with Crippen LogP contribution in [0.1, 0.15) is 27.5 Å². The van der Waals surface area contributed by atoms with Crippen LogP contribution in [0, 0.1) is 5.82 Å². The van der Waals surface area contributed by atoms with Gasteiger partial charge in [-0.25, -0.2) is 14.8 Å². The lowest BCUT2D eigenvalue weighted by Crippen LogP contribution is -2.26. The van der Waals surface area contributed by atoms with Crippen molar-refractivity contribution < 1.29 is 22.4 Å². The van der Waals surface area contributed by atoms with Crippen molar-refractivity contribution in [2.24, 2.45) is 0 Å². The van der Waals surface area contributed by atoms with E-state index in [1.165, 1.54) is 34.9 Å². The zero-order chi connectivity index (χ0) is 23.9. The van der Waals surface area contributed by atoms with E-state index in [2.05, 4.69) is 21.2 Å². The van der Waals surface area contributed by atoms with Crippen molar-refractivity contribution >= 4 is 17.4 Å². The van der Waals surface area contributed by atoms with Crippen molar-refractivity contribution in [2.75, 3.05) is 5.32 Å². The normalized spacial score (nSPS) is 15.5. The highest BCUT2D eigenvalue weighted by molar-refractivity contribution is 6.06. The average Bonchev–Trinajstić information content (AvgIpc) is 3.48. The van der Waals surface area contributed by atoms with Gasteiger partial charge in [0, 0.05) is 23.5 Å². The molecule has 3 heterocycles. The number of imidazole rings is 1. The van der Waals surface area contributed by atoms with Crippen LogP contribution in [0.3, 0.4) is 0 Å². The van der Waals surface area contributed by atoms with Crippen LogP contribution in [0.2, 0.25) is 0 Å². The lowest BCUT2D eigenvalue weighted by Gasteiger charge is -2.18. The van der Waals surface area contributed by atoms with Crippen molar-refractivity contribution in [1.29, 1.82) is 0 Å². The van der Waals surface area contributed by atoms with E-state index in [1.54, 1.807) is 30.5 Å². The summed E-state index contributed by atoms with van der Waals surface area (Å²) in [5, 5.41) is 2.71. The monoisotopic (exact) mass is 467 g/mol. The first-order valence-electron chi connectivity index (χ1n) is 10.2. The molecule has 0 fully saturated rings. The number of rotatable bonds is 4. The first-order valence-corrected chi connectivity index (χ1v) is 10.2. The molecule has 0 saturated carbocycles. The summed E-state index contributed by atoms with van der Waals surface area (Å²) in [5.41, 5.74) is 5.39. The van der Waals surface area contributed by atoms with Gasteiger partial charge in [0.2, 0.25) is 0 Å². The molecule has 0 saturated heterocycles. The maximum Gasteiger partial charge on any atom is 0.416 e. The van der Waals surface area contributed by atoms with Gasteiger partial charge in [0.25, 0.3) is 5.91 Å². The number of benzene rings is 2. The summed E-state index contributed by atoms with van der Waals surface area (Å²) in [7, 11) is 0. The molecule has 1 unspecified atom stereocenters. The highest BCUT2D eigenvalue weighted by Gasteiger charge is 2.36. The Morgan fingerprint density at radius 2 is 1.85 bits per heavy atom. The number of hydrazine groups is 1. The van der Waals surface area contributed by atoms with Gasteiger partial charge >= 0.3 is 6.18 Å². The molecule has 6 nitrogen and oxygen atoms in total. The number of amides is 1. The second kappa shape index (κ2) is 8.31. The van der Waals surface area contributed by atoms with E-state index in [0.717, 1.165) is 12.1 Å². The highest BCUT2D eigenvalue weighted by atomic mass is 19.4. The van der Waals surface area contributed by atoms with Gasteiger partial charge in [0.15, 0.2) is 11.5 Å². The van der Waals surface area contributed by atoms with E-state index in [-0.39, 0.29) is 22.6 Å². The number of hydrogen-bond donors (Lipinski definition) is 3. The summed E-state index contributed by atoms with van der Waals surface area (Å²) >= 11 is 0. The molecule has 0 aliphatic carbocycles. The average molecular weight is 467 g/mol. The highest BCUT2D eigenvalue weighted by Crippen LogP contribution is 2.36. The number of nitrogens with one attached hydrogen (secondary N) is 3. The number of alkyl halides is 3. The Morgan fingerprint density at radius 3 is 2.56 bits per heavy atom. The van der Waals surface area contributed by atoms with E-state index in [0.29, 0.717) is 11.3 Å². The summed E-state index contributed by atoms with van der Waals surface area (Å²) in [6.07, 6.45) is -0.0453. The molecule has 5 rings (SSSR count). The molecular formula is C24H17F4N5O. The molecule has 0 bridgehead atoms. The summed E-state index contributed by atoms with van der Waals surface area (Å²) in [5.74, 6) is -1.04. The van der Waals surface area contributed by atoms with Crippen molar-refractivity contribution in [1.82, 2.24) is 20.2 Å². The van der Waals surface area contributed by atoms with Gasteiger partial charge in [0.1, 0.15) is 11.5 Å². The Balaban J connectivity index is 1.58. The summed E-state index contributed by atoms with van der Waals surface area (Å²) in [6, 6.07) is 14.0. The number of pyridine rings is 1. The van der Waals surface area contributed by atoms with Crippen LogP contribution in [0.5, 0.6) is 0 Å². The summed E-state index contributed by atoms with van der Waals surface area (Å²) in [6.45, 7) is 0.